The predicted octanol–water partition coefficient (Wildman–Crippen LogP) is 0.995. The Hall–Kier alpha value is -0.570. The second-order valence-corrected chi connectivity index (χ2v) is 4.62. The third kappa shape index (κ3) is 1.92. The zero-order valence-corrected chi connectivity index (χ0v) is 9.12. The fourth-order valence-electron chi connectivity index (χ4n) is 2.32. The van der Waals surface area contributed by atoms with Crippen LogP contribution in [0.1, 0.15) is 32.6 Å². The number of carbonyl (C=O) groups is 1. The Labute approximate surface area is 85.8 Å². The lowest BCUT2D eigenvalue weighted by Crippen LogP contribution is -2.43. The first kappa shape index (κ1) is 9.97. The first-order chi connectivity index (χ1) is 6.72. The molecule has 0 aromatic rings. The van der Waals surface area contributed by atoms with Crippen molar-refractivity contribution >= 4 is 5.91 Å². The van der Waals surface area contributed by atoms with Crippen molar-refractivity contribution in [2.45, 2.75) is 44.7 Å². The maximum absolute atomic E-state index is 11.7. The highest BCUT2D eigenvalue weighted by molar-refractivity contribution is 5.83. The van der Waals surface area contributed by atoms with Gasteiger partial charge in [-0.15, -0.1) is 0 Å². The Morgan fingerprint density at radius 3 is 2.64 bits per heavy atom. The number of hydrogen-bond acceptors (Lipinski definition) is 2. The van der Waals surface area contributed by atoms with Crippen LogP contribution in [0.4, 0.5) is 0 Å². The maximum Gasteiger partial charge on any atom is 0.239 e. The van der Waals surface area contributed by atoms with Crippen LogP contribution in [-0.4, -0.2) is 36.5 Å². The van der Waals surface area contributed by atoms with Gasteiger partial charge in [0.15, 0.2) is 0 Å². The van der Waals surface area contributed by atoms with Crippen LogP contribution in [0, 0.1) is 5.92 Å². The van der Waals surface area contributed by atoms with Crippen LogP contribution < -0.4 is 5.32 Å². The smallest absolute Gasteiger partial charge is 0.239 e. The van der Waals surface area contributed by atoms with Gasteiger partial charge in [-0.05, 0) is 31.6 Å². The molecule has 0 aromatic carbocycles. The van der Waals surface area contributed by atoms with Gasteiger partial charge in [0, 0.05) is 19.6 Å². The van der Waals surface area contributed by atoms with Gasteiger partial charge in [0.05, 0.1) is 6.04 Å². The summed E-state index contributed by atoms with van der Waals surface area (Å²) >= 11 is 0. The molecule has 14 heavy (non-hydrogen) atoms. The minimum absolute atomic E-state index is 0.102. The summed E-state index contributed by atoms with van der Waals surface area (Å²) < 4.78 is 0. The maximum atomic E-state index is 11.7. The number of nitrogens with one attached hydrogen (secondary N) is 1. The summed E-state index contributed by atoms with van der Waals surface area (Å²) in [5.41, 5.74) is 0. The van der Waals surface area contributed by atoms with E-state index < -0.39 is 0 Å². The summed E-state index contributed by atoms with van der Waals surface area (Å²) in [6, 6.07) is 0.681. The quantitative estimate of drug-likeness (QED) is 0.727. The Balaban J connectivity index is 1.86. The van der Waals surface area contributed by atoms with Crippen LogP contribution in [0.25, 0.3) is 0 Å². The van der Waals surface area contributed by atoms with Crippen molar-refractivity contribution < 1.29 is 4.79 Å². The molecule has 2 rings (SSSR count). The van der Waals surface area contributed by atoms with Gasteiger partial charge in [0.1, 0.15) is 0 Å². The van der Waals surface area contributed by atoms with Crippen molar-refractivity contribution in [3.63, 3.8) is 0 Å². The molecule has 1 N–H and O–H groups in total. The average Bonchev–Trinajstić information content (AvgIpc) is 2.96. The molecule has 1 aliphatic carbocycles. The number of hydrogen-bond donors (Lipinski definition) is 1. The van der Waals surface area contributed by atoms with Gasteiger partial charge < -0.3 is 10.2 Å². The monoisotopic (exact) mass is 196 g/mol. The number of amides is 1. The normalized spacial score (nSPS) is 29.7. The van der Waals surface area contributed by atoms with E-state index in [2.05, 4.69) is 12.2 Å². The Bertz CT molecular complexity index is 225. The van der Waals surface area contributed by atoms with Crippen molar-refractivity contribution in [1.29, 1.82) is 0 Å². The average molecular weight is 196 g/mol. The lowest BCUT2D eigenvalue weighted by molar-refractivity contribution is -0.128. The van der Waals surface area contributed by atoms with E-state index in [1.807, 2.05) is 11.9 Å². The number of carbonyl (C=O) groups excluding carboxylic acids is 1. The van der Waals surface area contributed by atoms with Crippen molar-refractivity contribution in [2.75, 3.05) is 13.6 Å². The number of rotatable bonds is 4. The third-order valence-electron chi connectivity index (χ3n) is 3.47. The molecule has 3 nitrogen and oxygen atoms in total. The van der Waals surface area contributed by atoms with E-state index in [-0.39, 0.29) is 11.9 Å². The van der Waals surface area contributed by atoms with Crippen LogP contribution in [-0.2, 0) is 4.79 Å². The molecule has 2 aliphatic rings. The first-order valence-corrected chi connectivity index (χ1v) is 5.73. The van der Waals surface area contributed by atoms with Crippen LogP contribution in [0.15, 0.2) is 0 Å². The summed E-state index contributed by atoms with van der Waals surface area (Å²) in [6.45, 7) is 3.12. The van der Waals surface area contributed by atoms with Crippen molar-refractivity contribution in [3.8, 4) is 0 Å². The lowest BCUT2D eigenvalue weighted by atomic mass is 10.1. The summed E-state index contributed by atoms with van der Waals surface area (Å²) in [5, 5.41) is 3.52. The van der Waals surface area contributed by atoms with E-state index >= 15 is 0 Å². The molecular formula is C11H20N2O. The molecular weight excluding hydrogens is 176 g/mol. The van der Waals surface area contributed by atoms with E-state index in [0.29, 0.717) is 6.04 Å². The summed E-state index contributed by atoms with van der Waals surface area (Å²) in [6.07, 6.45) is 4.83. The van der Waals surface area contributed by atoms with Gasteiger partial charge in [-0.25, -0.2) is 0 Å². The molecule has 3 heteroatoms. The Kier molecular flexibility index (Phi) is 2.77. The molecule has 2 unspecified atom stereocenters. The van der Waals surface area contributed by atoms with Crippen molar-refractivity contribution in [3.05, 3.63) is 0 Å². The molecule has 80 valence electrons. The highest BCUT2D eigenvalue weighted by Gasteiger charge is 2.35. The second-order valence-electron chi connectivity index (χ2n) is 4.62. The van der Waals surface area contributed by atoms with E-state index in [0.717, 1.165) is 25.3 Å². The van der Waals surface area contributed by atoms with Crippen LogP contribution in [0.3, 0.4) is 0 Å². The molecule has 0 bridgehead atoms. The van der Waals surface area contributed by atoms with Gasteiger partial charge >= 0.3 is 0 Å². The van der Waals surface area contributed by atoms with Gasteiger partial charge in [-0.2, -0.15) is 0 Å². The number of likely N-dealkylation sites (tertiary alicyclic amines) is 1. The van der Waals surface area contributed by atoms with Gasteiger partial charge in [-0.1, -0.05) is 6.92 Å². The van der Waals surface area contributed by atoms with Crippen LogP contribution in [0.2, 0.25) is 0 Å². The first-order valence-electron chi connectivity index (χ1n) is 5.73. The standard InChI is InChI=1S/C11H20N2O/c1-3-9(8-4-5-8)12-10-6-7-13(2)11(10)14/h8-10,12H,3-7H2,1-2H3. The molecule has 2 fully saturated rings. The Morgan fingerprint density at radius 1 is 1.50 bits per heavy atom. The van der Waals surface area contributed by atoms with E-state index in [9.17, 15) is 4.79 Å². The molecule has 0 radical (unpaired) electrons. The van der Waals surface area contributed by atoms with Gasteiger partial charge in [0.25, 0.3) is 0 Å². The molecule has 1 saturated heterocycles. The topological polar surface area (TPSA) is 32.3 Å². The van der Waals surface area contributed by atoms with Crippen LogP contribution in [0.5, 0.6) is 0 Å². The minimum Gasteiger partial charge on any atom is -0.344 e. The molecule has 1 amide bonds. The molecule has 1 saturated carbocycles. The highest BCUT2D eigenvalue weighted by atomic mass is 16.2. The number of nitrogens with zero attached hydrogens (tertiary/aromatic N) is 1. The van der Waals surface area contributed by atoms with E-state index in [1.54, 1.807) is 0 Å². The SMILES string of the molecule is CCC(NC1CCN(C)C1=O)C1CC1. The van der Waals surface area contributed by atoms with Gasteiger partial charge in [0.2, 0.25) is 5.91 Å². The fourth-order valence-corrected chi connectivity index (χ4v) is 2.32. The summed E-state index contributed by atoms with van der Waals surface area (Å²) in [5.74, 6) is 1.13. The third-order valence-corrected chi connectivity index (χ3v) is 3.47. The molecule has 1 aliphatic heterocycles. The molecule has 0 spiro atoms. The summed E-state index contributed by atoms with van der Waals surface area (Å²) in [7, 11) is 1.89. The minimum atomic E-state index is 0.102. The predicted molar refractivity (Wildman–Crippen MR) is 56.0 cm³/mol. The molecule has 2 atom stereocenters. The molecule has 0 aromatic heterocycles. The zero-order chi connectivity index (χ0) is 10.1. The fraction of sp³-hybridized carbons (Fsp3) is 0.909. The highest BCUT2D eigenvalue weighted by Crippen LogP contribution is 2.34. The van der Waals surface area contributed by atoms with Crippen LogP contribution >= 0.6 is 0 Å². The van der Waals surface area contributed by atoms with E-state index in [4.69, 9.17) is 0 Å². The second kappa shape index (κ2) is 3.89. The van der Waals surface area contributed by atoms with E-state index in [1.165, 1.54) is 12.8 Å². The number of likely N-dealkylation sites (N-methyl/N-ethyl adjacent to an activating group) is 1. The lowest BCUT2D eigenvalue weighted by Gasteiger charge is -2.20. The zero-order valence-electron chi connectivity index (χ0n) is 9.12. The summed E-state index contributed by atoms with van der Waals surface area (Å²) in [4.78, 5) is 13.5. The largest absolute Gasteiger partial charge is 0.344 e. The van der Waals surface area contributed by atoms with Gasteiger partial charge in [-0.3, -0.25) is 4.79 Å². The molecule has 1 heterocycles. The van der Waals surface area contributed by atoms with Crippen molar-refractivity contribution in [2.24, 2.45) is 5.92 Å². The van der Waals surface area contributed by atoms with Crippen molar-refractivity contribution in [1.82, 2.24) is 10.2 Å². The Morgan fingerprint density at radius 2 is 2.21 bits per heavy atom.